The van der Waals surface area contributed by atoms with Gasteiger partial charge in [-0.3, -0.25) is 14.9 Å². The normalized spacial score (nSPS) is 10.5. The minimum Gasteiger partial charge on any atom is -0.354 e. The Balaban J connectivity index is 2.75. The average Bonchev–Trinajstić information content (AvgIpc) is 2.39. The summed E-state index contributed by atoms with van der Waals surface area (Å²) in [6.45, 7) is 1.84. The molecule has 104 valence electrons. The van der Waals surface area contributed by atoms with E-state index in [1.54, 1.807) is 6.92 Å². The van der Waals surface area contributed by atoms with E-state index in [1.807, 2.05) is 0 Å². The molecule has 7 heteroatoms. The van der Waals surface area contributed by atoms with Gasteiger partial charge in [0.15, 0.2) is 6.29 Å². The van der Waals surface area contributed by atoms with Crippen molar-refractivity contribution < 1.29 is 19.2 Å². The third-order valence-electron chi connectivity index (χ3n) is 2.62. The molecule has 0 saturated carbocycles. The number of carbonyl (C=O) groups excluding carboxylic acids is 1. The molecule has 0 aliphatic rings. The molecule has 1 N–H and O–H groups in total. The number of hydrogen-bond donors (Lipinski definition) is 1. The van der Waals surface area contributed by atoms with E-state index in [2.05, 4.69) is 5.32 Å². The molecule has 0 saturated heterocycles. The maximum absolute atomic E-state index is 11.9. The number of nitro groups is 1. The predicted octanol–water partition coefficient (Wildman–Crippen LogP) is 1.25. The van der Waals surface area contributed by atoms with Crippen LogP contribution in [0.15, 0.2) is 18.2 Å². The van der Waals surface area contributed by atoms with Crippen molar-refractivity contribution >= 4 is 11.6 Å². The molecule has 0 radical (unpaired) electrons. The third kappa shape index (κ3) is 4.01. The van der Waals surface area contributed by atoms with Crippen molar-refractivity contribution in [2.75, 3.05) is 20.8 Å². The first-order chi connectivity index (χ1) is 8.99. The lowest BCUT2D eigenvalue weighted by atomic mass is 10.1. The van der Waals surface area contributed by atoms with Crippen molar-refractivity contribution in [1.29, 1.82) is 0 Å². The van der Waals surface area contributed by atoms with Gasteiger partial charge >= 0.3 is 0 Å². The van der Waals surface area contributed by atoms with Crippen LogP contribution in [0.4, 0.5) is 5.69 Å². The fourth-order valence-electron chi connectivity index (χ4n) is 1.55. The highest BCUT2D eigenvalue weighted by molar-refractivity contribution is 5.95. The monoisotopic (exact) mass is 268 g/mol. The lowest BCUT2D eigenvalue weighted by Crippen LogP contribution is -2.34. The highest BCUT2D eigenvalue weighted by atomic mass is 16.7. The molecule has 0 aromatic heterocycles. The Morgan fingerprint density at radius 1 is 1.42 bits per heavy atom. The molecule has 7 nitrogen and oxygen atoms in total. The predicted molar refractivity (Wildman–Crippen MR) is 68.0 cm³/mol. The average molecular weight is 268 g/mol. The number of methoxy groups -OCH3 is 2. The molecule has 1 rings (SSSR count). The second kappa shape index (κ2) is 6.81. The largest absolute Gasteiger partial charge is 0.354 e. The van der Waals surface area contributed by atoms with Crippen LogP contribution in [0.5, 0.6) is 0 Å². The smallest absolute Gasteiger partial charge is 0.269 e. The van der Waals surface area contributed by atoms with Gasteiger partial charge in [0, 0.05) is 31.9 Å². The number of aryl methyl sites for hydroxylation is 1. The topological polar surface area (TPSA) is 90.7 Å². The Kier molecular flexibility index (Phi) is 5.40. The number of nitrogens with zero attached hydrogens (tertiary/aromatic N) is 1. The highest BCUT2D eigenvalue weighted by Crippen LogP contribution is 2.16. The number of rotatable bonds is 6. The fourth-order valence-corrected chi connectivity index (χ4v) is 1.55. The van der Waals surface area contributed by atoms with Gasteiger partial charge in [-0.25, -0.2) is 0 Å². The van der Waals surface area contributed by atoms with Gasteiger partial charge in [-0.15, -0.1) is 0 Å². The molecule has 19 heavy (non-hydrogen) atoms. The molecule has 0 spiro atoms. The van der Waals surface area contributed by atoms with Gasteiger partial charge in [-0.1, -0.05) is 0 Å². The van der Waals surface area contributed by atoms with E-state index in [0.29, 0.717) is 11.1 Å². The Morgan fingerprint density at radius 2 is 2.05 bits per heavy atom. The fraction of sp³-hybridized carbons (Fsp3) is 0.417. The zero-order chi connectivity index (χ0) is 14.4. The van der Waals surface area contributed by atoms with Crippen LogP contribution in [0, 0.1) is 17.0 Å². The first kappa shape index (κ1) is 15.1. The molecule has 1 aromatic rings. The Hall–Kier alpha value is -1.99. The summed E-state index contributed by atoms with van der Waals surface area (Å²) in [7, 11) is 2.94. The van der Waals surface area contributed by atoms with Gasteiger partial charge < -0.3 is 14.8 Å². The van der Waals surface area contributed by atoms with Gasteiger partial charge in [0.05, 0.1) is 11.5 Å². The third-order valence-corrected chi connectivity index (χ3v) is 2.62. The lowest BCUT2D eigenvalue weighted by Gasteiger charge is -2.14. The van der Waals surface area contributed by atoms with E-state index in [9.17, 15) is 14.9 Å². The summed E-state index contributed by atoms with van der Waals surface area (Å²) in [4.78, 5) is 22.0. The summed E-state index contributed by atoms with van der Waals surface area (Å²) in [6, 6.07) is 4.09. The summed E-state index contributed by atoms with van der Waals surface area (Å²) in [5.41, 5.74) is 0.885. The number of nitro benzene ring substituents is 1. The summed E-state index contributed by atoms with van der Waals surface area (Å²) in [5, 5.41) is 13.2. The van der Waals surface area contributed by atoms with E-state index < -0.39 is 11.2 Å². The summed E-state index contributed by atoms with van der Waals surface area (Å²) in [5.74, 6) is -0.327. The molecule has 0 bridgehead atoms. The van der Waals surface area contributed by atoms with Gasteiger partial charge in [0.25, 0.3) is 11.6 Å². The Morgan fingerprint density at radius 3 is 2.53 bits per heavy atom. The molecular weight excluding hydrogens is 252 g/mol. The quantitative estimate of drug-likeness (QED) is 0.476. The molecule has 0 heterocycles. The van der Waals surface area contributed by atoms with Crippen molar-refractivity contribution in [2.24, 2.45) is 0 Å². The van der Waals surface area contributed by atoms with E-state index in [0.717, 1.165) is 0 Å². The minimum absolute atomic E-state index is 0.0410. The standard InChI is InChI=1S/C12H16N2O5/c1-8-6-9(14(16)17)4-5-10(8)12(15)13-7-11(18-2)19-3/h4-6,11H,7H2,1-3H3,(H,13,15). The summed E-state index contributed by atoms with van der Waals surface area (Å²) < 4.78 is 9.88. The van der Waals surface area contributed by atoms with Crippen molar-refractivity contribution in [3.8, 4) is 0 Å². The van der Waals surface area contributed by atoms with E-state index in [4.69, 9.17) is 9.47 Å². The second-order valence-electron chi connectivity index (χ2n) is 3.87. The number of amides is 1. The molecule has 0 atom stereocenters. The van der Waals surface area contributed by atoms with E-state index in [1.165, 1.54) is 32.4 Å². The van der Waals surface area contributed by atoms with Crippen LogP contribution in [0.3, 0.4) is 0 Å². The molecule has 1 aromatic carbocycles. The highest BCUT2D eigenvalue weighted by Gasteiger charge is 2.14. The van der Waals surface area contributed by atoms with Crippen LogP contribution in [0.1, 0.15) is 15.9 Å². The van der Waals surface area contributed by atoms with Crippen molar-refractivity contribution in [3.05, 3.63) is 39.4 Å². The van der Waals surface area contributed by atoms with Crippen molar-refractivity contribution in [2.45, 2.75) is 13.2 Å². The maximum Gasteiger partial charge on any atom is 0.269 e. The van der Waals surface area contributed by atoms with Crippen LogP contribution in [0.25, 0.3) is 0 Å². The zero-order valence-electron chi connectivity index (χ0n) is 11.0. The van der Waals surface area contributed by atoms with E-state index >= 15 is 0 Å². The van der Waals surface area contributed by atoms with Crippen LogP contribution in [-0.2, 0) is 9.47 Å². The maximum atomic E-state index is 11.9. The SMILES string of the molecule is COC(CNC(=O)c1ccc([N+](=O)[O-])cc1C)OC. The van der Waals surface area contributed by atoms with Crippen LogP contribution in [-0.4, -0.2) is 37.9 Å². The molecule has 0 aliphatic heterocycles. The molecule has 1 amide bonds. The van der Waals surface area contributed by atoms with Crippen LogP contribution < -0.4 is 5.32 Å². The van der Waals surface area contributed by atoms with Crippen molar-refractivity contribution in [3.63, 3.8) is 0 Å². The molecule has 0 aliphatic carbocycles. The number of carbonyl (C=O) groups is 1. The number of ether oxygens (including phenoxy) is 2. The lowest BCUT2D eigenvalue weighted by molar-refractivity contribution is -0.384. The van der Waals surface area contributed by atoms with E-state index in [-0.39, 0.29) is 18.1 Å². The number of hydrogen-bond acceptors (Lipinski definition) is 5. The van der Waals surface area contributed by atoms with Gasteiger partial charge in [0.1, 0.15) is 0 Å². The molecule has 0 unspecified atom stereocenters. The summed E-state index contributed by atoms with van der Waals surface area (Å²) >= 11 is 0. The molecular formula is C12H16N2O5. The second-order valence-corrected chi connectivity index (χ2v) is 3.87. The van der Waals surface area contributed by atoms with Crippen LogP contribution >= 0.6 is 0 Å². The molecule has 0 fully saturated rings. The Bertz CT molecular complexity index is 471. The zero-order valence-corrected chi connectivity index (χ0v) is 11.0. The minimum atomic E-state index is -0.526. The van der Waals surface area contributed by atoms with Gasteiger partial charge in [-0.2, -0.15) is 0 Å². The van der Waals surface area contributed by atoms with Gasteiger partial charge in [0.2, 0.25) is 0 Å². The number of non-ortho nitro benzene ring substituents is 1. The number of nitrogens with one attached hydrogen (secondary N) is 1. The number of benzene rings is 1. The van der Waals surface area contributed by atoms with Crippen molar-refractivity contribution in [1.82, 2.24) is 5.32 Å². The first-order valence-corrected chi connectivity index (χ1v) is 5.58. The van der Waals surface area contributed by atoms with Gasteiger partial charge in [-0.05, 0) is 18.6 Å². The summed E-state index contributed by atoms with van der Waals surface area (Å²) in [6.07, 6.45) is -0.526. The first-order valence-electron chi connectivity index (χ1n) is 5.58. The Labute approximate surface area is 110 Å². The van der Waals surface area contributed by atoms with Crippen LogP contribution in [0.2, 0.25) is 0 Å².